The maximum atomic E-state index is 14.5. The molecule has 1 heterocycles. The first-order chi connectivity index (χ1) is 23.2. The van der Waals surface area contributed by atoms with Gasteiger partial charge in [0.05, 0.1) is 0 Å². The van der Waals surface area contributed by atoms with Gasteiger partial charge in [0.2, 0.25) is 11.8 Å². The molecule has 0 unspecified atom stereocenters. The van der Waals surface area contributed by atoms with Crippen molar-refractivity contribution < 1.29 is 24.3 Å². The minimum Gasteiger partial charge on any atom is -0.481 e. The van der Waals surface area contributed by atoms with Crippen LogP contribution in [0.2, 0.25) is 0 Å². The van der Waals surface area contributed by atoms with E-state index in [2.05, 4.69) is 19.2 Å². The number of aliphatic carboxylic acids is 1. The van der Waals surface area contributed by atoms with Crippen LogP contribution in [0, 0.1) is 0 Å². The summed E-state index contributed by atoms with van der Waals surface area (Å²) in [6.07, 6.45) is 11.4. The number of unbranched alkanes of at least 4 members (excludes halogenated alkanes) is 8. The number of nitrogens with two attached hydrogens (primary N) is 1. The van der Waals surface area contributed by atoms with E-state index in [1.165, 1.54) is 25.7 Å². The summed E-state index contributed by atoms with van der Waals surface area (Å²) in [4.78, 5) is 54.0. The van der Waals surface area contributed by atoms with Gasteiger partial charge in [-0.15, -0.1) is 0 Å². The van der Waals surface area contributed by atoms with E-state index in [4.69, 9.17) is 5.73 Å². The molecule has 2 aromatic carbocycles. The third-order valence-corrected chi connectivity index (χ3v) is 9.02. The zero-order valence-electron chi connectivity index (χ0n) is 29.0. The van der Waals surface area contributed by atoms with Gasteiger partial charge in [0.25, 0.3) is 5.91 Å². The summed E-state index contributed by atoms with van der Waals surface area (Å²) in [5, 5.41) is 13.3. The minimum atomic E-state index is -0.958. The molecule has 0 spiro atoms. The topological polar surface area (TPSA) is 135 Å². The molecule has 0 saturated heterocycles. The van der Waals surface area contributed by atoms with Gasteiger partial charge >= 0.3 is 5.97 Å². The van der Waals surface area contributed by atoms with Crippen LogP contribution in [0.3, 0.4) is 0 Å². The van der Waals surface area contributed by atoms with Crippen molar-refractivity contribution in [2.45, 2.75) is 129 Å². The Morgan fingerprint density at radius 1 is 0.812 bits per heavy atom. The van der Waals surface area contributed by atoms with Crippen molar-refractivity contribution in [2.75, 3.05) is 6.54 Å². The molecule has 0 radical (unpaired) electrons. The van der Waals surface area contributed by atoms with E-state index >= 15 is 0 Å². The van der Waals surface area contributed by atoms with E-state index in [1.807, 2.05) is 65.2 Å². The van der Waals surface area contributed by atoms with Gasteiger partial charge in [-0.05, 0) is 43.4 Å². The summed E-state index contributed by atoms with van der Waals surface area (Å²) >= 11 is 0. The third kappa shape index (κ3) is 12.5. The Balaban J connectivity index is 1.90. The van der Waals surface area contributed by atoms with E-state index in [1.54, 1.807) is 4.90 Å². The van der Waals surface area contributed by atoms with Crippen molar-refractivity contribution in [3.8, 4) is 0 Å². The molecule has 3 amide bonds. The lowest BCUT2D eigenvalue weighted by atomic mass is 9.99. The van der Waals surface area contributed by atoms with Crippen LogP contribution in [-0.4, -0.2) is 56.9 Å². The van der Waals surface area contributed by atoms with Crippen LogP contribution < -0.4 is 11.1 Å². The van der Waals surface area contributed by atoms with Crippen LogP contribution >= 0.6 is 0 Å². The maximum absolute atomic E-state index is 14.5. The SMILES string of the molecule is CCCCCCCCC[C@@H](CC(N)=O)N(CCCCC)C(=O)[C@H](CCCC(=O)O)NC(=O)c1cc2ccccc2n1Cc1ccccc1. The molecule has 0 bridgehead atoms. The quantitative estimate of drug-likeness (QED) is 0.0859. The van der Waals surface area contributed by atoms with Gasteiger partial charge in [0.15, 0.2) is 0 Å². The second-order valence-electron chi connectivity index (χ2n) is 12.9. The zero-order valence-corrected chi connectivity index (χ0v) is 29.0. The average Bonchev–Trinajstić information content (AvgIpc) is 3.43. The summed E-state index contributed by atoms with van der Waals surface area (Å²) in [6.45, 7) is 5.20. The lowest BCUT2D eigenvalue weighted by Crippen LogP contribution is -2.53. The Bertz CT molecular complexity index is 1440. The van der Waals surface area contributed by atoms with Crippen LogP contribution in [0.1, 0.15) is 126 Å². The summed E-state index contributed by atoms with van der Waals surface area (Å²) < 4.78 is 1.95. The fourth-order valence-corrected chi connectivity index (χ4v) is 6.42. The number of carbonyl (C=O) groups excluding carboxylic acids is 3. The minimum absolute atomic E-state index is 0.0504. The molecule has 9 nitrogen and oxygen atoms in total. The number of rotatable bonds is 24. The zero-order chi connectivity index (χ0) is 34.7. The number of para-hydroxylation sites is 1. The molecular formula is C39H56N4O5. The Kier molecular flexibility index (Phi) is 16.7. The smallest absolute Gasteiger partial charge is 0.303 e. The highest BCUT2D eigenvalue weighted by Gasteiger charge is 2.32. The highest BCUT2D eigenvalue weighted by molar-refractivity contribution is 6.01. The van der Waals surface area contributed by atoms with Gasteiger partial charge in [0.1, 0.15) is 11.7 Å². The number of primary amides is 1. The second kappa shape index (κ2) is 21.0. The first-order valence-corrected chi connectivity index (χ1v) is 18.0. The largest absolute Gasteiger partial charge is 0.481 e. The third-order valence-electron chi connectivity index (χ3n) is 9.02. The van der Waals surface area contributed by atoms with Crippen LogP contribution in [0.25, 0.3) is 10.9 Å². The molecule has 9 heteroatoms. The molecule has 48 heavy (non-hydrogen) atoms. The molecule has 3 aromatic rings. The van der Waals surface area contributed by atoms with Gasteiger partial charge in [0, 0.05) is 42.9 Å². The average molecular weight is 661 g/mol. The van der Waals surface area contributed by atoms with E-state index < -0.39 is 23.8 Å². The number of carboxylic acid groups (broad SMARTS) is 1. The number of amides is 3. The van der Waals surface area contributed by atoms with E-state index in [0.717, 1.165) is 55.0 Å². The Labute approximate surface area is 286 Å². The molecule has 1 aromatic heterocycles. The van der Waals surface area contributed by atoms with Gasteiger partial charge in [-0.25, -0.2) is 0 Å². The number of fused-ring (bicyclic) bond motifs is 1. The summed E-state index contributed by atoms with van der Waals surface area (Å²) in [6, 6.07) is 18.2. The maximum Gasteiger partial charge on any atom is 0.303 e. The number of carbonyl (C=O) groups is 4. The Morgan fingerprint density at radius 3 is 2.15 bits per heavy atom. The Morgan fingerprint density at radius 2 is 1.46 bits per heavy atom. The predicted molar refractivity (Wildman–Crippen MR) is 192 cm³/mol. The number of carboxylic acids is 1. The molecule has 0 aliphatic carbocycles. The predicted octanol–water partition coefficient (Wildman–Crippen LogP) is 7.45. The standard InChI is InChI=1S/C39H56N4O5/c1-3-5-7-8-9-10-14-22-32(28-36(40)44)42(26-17-6-4-2)39(48)33(23-18-25-37(45)46)41-38(47)35-27-31-21-15-16-24-34(31)43(35)29-30-19-12-11-13-20-30/h11-13,15-16,19-21,24,27,32-33H,3-10,14,17-18,22-23,25-26,28-29H2,1-2H3,(H2,40,44)(H,41,47)(H,45,46)/t32-,33-/m0/s1. The molecule has 262 valence electrons. The van der Waals surface area contributed by atoms with Gasteiger partial charge in [-0.1, -0.05) is 120 Å². The van der Waals surface area contributed by atoms with Crippen molar-refractivity contribution in [1.82, 2.24) is 14.8 Å². The van der Waals surface area contributed by atoms with E-state index in [-0.39, 0.29) is 37.6 Å². The molecule has 4 N–H and O–H groups in total. The molecule has 2 atom stereocenters. The lowest BCUT2D eigenvalue weighted by Gasteiger charge is -2.35. The normalized spacial score (nSPS) is 12.5. The fourth-order valence-electron chi connectivity index (χ4n) is 6.42. The van der Waals surface area contributed by atoms with Crippen molar-refractivity contribution in [3.63, 3.8) is 0 Å². The van der Waals surface area contributed by atoms with E-state index in [9.17, 15) is 24.3 Å². The second-order valence-corrected chi connectivity index (χ2v) is 12.9. The summed E-state index contributed by atoms with van der Waals surface area (Å²) in [5.41, 5.74) is 8.07. The van der Waals surface area contributed by atoms with Crippen LogP contribution in [0.5, 0.6) is 0 Å². The number of hydrogen-bond acceptors (Lipinski definition) is 4. The van der Waals surface area contributed by atoms with Crippen LogP contribution in [0.4, 0.5) is 0 Å². The van der Waals surface area contributed by atoms with Gasteiger partial charge < -0.3 is 25.6 Å². The van der Waals surface area contributed by atoms with Gasteiger partial charge in [-0.2, -0.15) is 0 Å². The highest BCUT2D eigenvalue weighted by atomic mass is 16.4. The van der Waals surface area contributed by atoms with E-state index in [0.29, 0.717) is 25.2 Å². The number of hydrogen-bond donors (Lipinski definition) is 3. The molecule has 0 aliphatic rings. The molecule has 3 rings (SSSR count). The Hall–Kier alpha value is -4.14. The summed E-state index contributed by atoms with van der Waals surface area (Å²) in [5.74, 6) is -2.11. The van der Waals surface area contributed by atoms with Crippen LogP contribution in [0.15, 0.2) is 60.7 Å². The molecular weight excluding hydrogens is 604 g/mol. The fraction of sp³-hybridized carbons (Fsp3) is 0.538. The molecule has 0 fully saturated rings. The first-order valence-electron chi connectivity index (χ1n) is 18.0. The molecule has 0 aliphatic heterocycles. The lowest BCUT2D eigenvalue weighted by molar-refractivity contribution is -0.139. The van der Waals surface area contributed by atoms with Gasteiger partial charge in [-0.3, -0.25) is 19.2 Å². The number of benzene rings is 2. The van der Waals surface area contributed by atoms with Crippen molar-refractivity contribution in [3.05, 3.63) is 71.9 Å². The van der Waals surface area contributed by atoms with Crippen LogP contribution in [-0.2, 0) is 20.9 Å². The molecule has 0 saturated carbocycles. The van der Waals surface area contributed by atoms with Crippen molar-refractivity contribution >= 4 is 34.6 Å². The number of aromatic nitrogens is 1. The number of nitrogens with one attached hydrogen (secondary N) is 1. The summed E-state index contributed by atoms with van der Waals surface area (Å²) in [7, 11) is 0. The number of nitrogens with zero attached hydrogens (tertiary/aromatic N) is 2. The highest BCUT2D eigenvalue weighted by Crippen LogP contribution is 2.23. The van der Waals surface area contributed by atoms with Crippen molar-refractivity contribution in [1.29, 1.82) is 0 Å². The first kappa shape index (κ1) is 38.3. The van der Waals surface area contributed by atoms with Crippen molar-refractivity contribution in [2.24, 2.45) is 5.73 Å². The monoisotopic (exact) mass is 660 g/mol.